The average molecular weight is 486 g/mol. The minimum absolute atomic E-state index is 0.0760. The Morgan fingerprint density at radius 2 is 2.03 bits per heavy atom. The van der Waals surface area contributed by atoms with Crippen LogP contribution in [0, 0.1) is 6.92 Å². The predicted molar refractivity (Wildman–Crippen MR) is 126 cm³/mol. The Bertz CT molecular complexity index is 927. The zero-order chi connectivity index (χ0) is 23.0. The van der Waals surface area contributed by atoms with Gasteiger partial charge in [-0.15, -0.1) is 0 Å². The lowest BCUT2D eigenvalue weighted by molar-refractivity contribution is -0.133. The fourth-order valence-electron chi connectivity index (χ4n) is 3.04. The fourth-order valence-corrected chi connectivity index (χ4v) is 5.41. The molecule has 10 heteroatoms. The van der Waals surface area contributed by atoms with E-state index in [4.69, 9.17) is 16.3 Å². The van der Waals surface area contributed by atoms with Crippen LogP contribution in [-0.2, 0) is 25.3 Å². The van der Waals surface area contributed by atoms with Crippen LogP contribution < -0.4 is 10.0 Å². The molecule has 7 nitrogen and oxygen atoms in total. The number of nitrogens with zero attached hydrogens (tertiary/aromatic N) is 1. The molecule has 1 aromatic carbocycles. The SMILES string of the molecule is CC(=O)Nc1nc(C)c(-c2ccc(Cl)c(S(=O)NC(C)C)c2)s1.O=COC1CCCC1. The van der Waals surface area contributed by atoms with Gasteiger partial charge in [0, 0.05) is 13.0 Å². The maximum atomic E-state index is 12.3. The molecule has 1 unspecified atom stereocenters. The summed E-state index contributed by atoms with van der Waals surface area (Å²) in [6, 6.07) is 5.46. The lowest BCUT2D eigenvalue weighted by Gasteiger charge is -2.10. The van der Waals surface area contributed by atoms with Gasteiger partial charge in [0.25, 0.3) is 6.47 Å². The van der Waals surface area contributed by atoms with Gasteiger partial charge in [-0.3, -0.25) is 9.59 Å². The molecule has 1 aromatic heterocycles. The summed E-state index contributed by atoms with van der Waals surface area (Å²) in [5.41, 5.74) is 1.67. The van der Waals surface area contributed by atoms with E-state index in [1.165, 1.54) is 31.1 Å². The standard InChI is InChI=1S/C15H18ClN3O2S2.C6H10O2/c1-8(2)19-23(21)13-7-11(5-6-12(13)16)14-9(3)17-15(22-14)18-10(4)20;7-5-8-6-3-1-2-4-6/h5-8,19H,1-4H3,(H,17,18,20);5-6H,1-4H2. The van der Waals surface area contributed by atoms with Crippen molar-refractivity contribution in [1.29, 1.82) is 0 Å². The van der Waals surface area contributed by atoms with Crippen molar-refractivity contribution < 1.29 is 18.5 Å². The van der Waals surface area contributed by atoms with Crippen LogP contribution in [0.25, 0.3) is 10.4 Å². The largest absolute Gasteiger partial charge is 0.465 e. The van der Waals surface area contributed by atoms with E-state index < -0.39 is 11.0 Å². The quantitative estimate of drug-likeness (QED) is 0.546. The van der Waals surface area contributed by atoms with Crippen molar-refractivity contribution in [3.63, 3.8) is 0 Å². The maximum Gasteiger partial charge on any atom is 0.293 e. The molecule has 1 aliphatic carbocycles. The van der Waals surface area contributed by atoms with E-state index >= 15 is 0 Å². The first-order valence-electron chi connectivity index (χ1n) is 10.0. The van der Waals surface area contributed by atoms with Crippen molar-refractivity contribution in [3.8, 4) is 10.4 Å². The van der Waals surface area contributed by atoms with Crippen molar-refractivity contribution in [2.75, 3.05) is 5.32 Å². The number of aryl methyl sites for hydroxylation is 1. The molecule has 0 bridgehead atoms. The first-order chi connectivity index (χ1) is 14.7. The number of halogens is 1. The average Bonchev–Trinajstić information content (AvgIpc) is 3.31. The molecule has 2 N–H and O–H groups in total. The summed E-state index contributed by atoms with van der Waals surface area (Å²) in [6.07, 6.45) is 4.82. The highest BCUT2D eigenvalue weighted by molar-refractivity contribution is 7.83. The molecule has 1 saturated carbocycles. The van der Waals surface area contributed by atoms with Crippen molar-refractivity contribution >= 4 is 51.4 Å². The summed E-state index contributed by atoms with van der Waals surface area (Å²) in [5.74, 6) is -0.163. The van der Waals surface area contributed by atoms with Crippen LogP contribution in [0.1, 0.15) is 52.1 Å². The Kier molecular flexibility index (Phi) is 10.1. The van der Waals surface area contributed by atoms with Gasteiger partial charge in [-0.2, -0.15) is 0 Å². The molecule has 1 aliphatic rings. The highest BCUT2D eigenvalue weighted by atomic mass is 35.5. The second-order valence-corrected chi connectivity index (χ2v) is 10.1. The summed E-state index contributed by atoms with van der Waals surface area (Å²) >= 11 is 7.55. The lowest BCUT2D eigenvalue weighted by atomic mass is 10.2. The van der Waals surface area contributed by atoms with Gasteiger partial charge < -0.3 is 10.1 Å². The number of ether oxygens (including phenoxy) is 1. The topological polar surface area (TPSA) is 97.4 Å². The van der Waals surface area contributed by atoms with E-state index in [-0.39, 0.29) is 18.1 Å². The molecule has 0 saturated heterocycles. The Morgan fingerprint density at radius 3 is 2.61 bits per heavy atom. The number of thiazole rings is 1. The first-order valence-corrected chi connectivity index (χ1v) is 12.4. The number of rotatable bonds is 7. The van der Waals surface area contributed by atoms with Gasteiger partial charge >= 0.3 is 0 Å². The van der Waals surface area contributed by atoms with Crippen LogP contribution in [-0.4, -0.2) is 33.7 Å². The zero-order valence-corrected chi connectivity index (χ0v) is 20.5. The van der Waals surface area contributed by atoms with Crippen LogP contribution in [0.15, 0.2) is 23.1 Å². The molecule has 1 fully saturated rings. The number of aromatic nitrogens is 1. The minimum atomic E-state index is -1.39. The van der Waals surface area contributed by atoms with Crippen LogP contribution >= 0.6 is 22.9 Å². The third-order valence-electron chi connectivity index (χ3n) is 4.37. The molecule has 0 radical (unpaired) electrons. The van der Waals surface area contributed by atoms with Crippen molar-refractivity contribution in [2.45, 2.75) is 70.4 Å². The molecule has 1 atom stereocenters. The molecule has 31 heavy (non-hydrogen) atoms. The Labute approximate surface area is 194 Å². The maximum absolute atomic E-state index is 12.3. The van der Waals surface area contributed by atoms with Crippen LogP contribution in [0.5, 0.6) is 0 Å². The molecular weight excluding hydrogens is 458 g/mol. The molecule has 170 valence electrons. The van der Waals surface area contributed by atoms with Gasteiger partial charge in [-0.25, -0.2) is 13.9 Å². The number of hydrogen-bond donors (Lipinski definition) is 2. The summed E-state index contributed by atoms with van der Waals surface area (Å²) in [5, 5.41) is 3.67. The van der Waals surface area contributed by atoms with Gasteiger partial charge in [0.2, 0.25) is 5.91 Å². The summed E-state index contributed by atoms with van der Waals surface area (Å²) in [7, 11) is -1.39. The number of anilines is 1. The lowest BCUT2D eigenvalue weighted by Crippen LogP contribution is -2.25. The summed E-state index contributed by atoms with van der Waals surface area (Å²) < 4.78 is 20.0. The summed E-state index contributed by atoms with van der Waals surface area (Å²) in [6.45, 7) is 7.70. The Balaban J connectivity index is 0.000000357. The second-order valence-electron chi connectivity index (χ2n) is 7.44. The molecule has 1 heterocycles. The molecular formula is C21H28ClN3O4S2. The normalized spacial score (nSPS) is 14.6. The zero-order valence-electron chi connectivity index (χ0n) is 18.1. The van der Waals surface area contributed by atoms with E-state index in [2.05, 4.69) is 15.0 Å². The van der Waals surface area contributed by atoms with Crippen molar-refractivity contribution in [1.82, 2.24) is 9.71 Å². The minimum Gasteiger partial charge on any atom is -0.465 e. The van der Waals surface area contributed by atoms with Gasteiger partial charge in [-0.05, 0) is 64.2 Å². The van der Waals surface area contributed by atoms with Crippen LogP contribution in [0.4, 0.5) is 5.13 Å². The Morgan fingerprint density at radius 1 is 1.35 bits per heavy atom. The van der Waals surface area contributed by atoms with Gasteiger partial charge in [0.15, 0.2) is 5.13 Å². The Hall–Kier alpha value is -1.81. The number of nitrogens with one attached hydrogen (secondary N) is 2. The third-order valence-corrected chi connectivity index (χ3v) is 7.35. The van der Waals surface area contributed by atoms with Crippen molar-refractivity contribution in [2.24, 2.45) is 0 Å². The van der Waals surface area contributed by atoms with E-state index in [0.717, 1.165) is 29.0 Å². The number of amides is 1. The van der Waals surface area contributed by atoms with E-state index in [1.54, 1.807) is 12.1 Å². The highest BCUT2D eigenvalue weighted by Gasteiger charge is 2.16. The fraction of sp³-hybridized carbons (Fsp3) is 0.476. The predicted octanol–water partition coefficient (Wildman–Crippen LogP) is 4.85. The van der Waals surface area contributed by atoms with Gasteiger partial charge in [0.05, 0.1) is 20.5 Å². The number of hydrogen-bond acceptors (Lipinski definition) is 6. The highest BCUT2D eigenvalue weighted by Crippen LogP contribution is 2.35. The van der Waals surface area contributed by atoms with Gasteiger partial charge in [0.1, 0.15) is 17.1 Å². The van der Waals surface area contributed by atoms with E-state index in [0.29, 0.717) is 21.5 Å². The molecule has 0 aliphatic heterocycles. The number of carbonyl (C=O) groups is 2. The molecule has 2 aromatic rings. The smallest absolute Gasteiger partial charge is 0.293 e. The van der Waals surface area contributed by atoms with Gasteiger partial charge in [-0.1, -0.05) is 29.0 Å². The van der Waals surface area contributed by atoms with Crippen LogP contribution in [0.2, 0.25) is 5.02 Å². The molecule has 1 amide bonds. The monoisotopic (exact) mass is 485 g/mol. The number of benzene rings is 1. The number of carbonyl (C=O) groups excluding carboxylic acids is 2. The van der Waals surface area contributed by atoms with E-state index in [1.807, 2.05) is 26.8 Å². The van der Waals surface area contributed by atoms with Crippen molar-refractivity contribution in [3.05, 3.63) is 28.9 Å². The third kappa shape index (κ3) is 7.99. The molecule has 0 spiro atoms. The first kappa shape index (κ1) is 25.5. The molecule has 3 rings (SSSR count). The van der Waals surface area contributed by atoms with E-state index in [9.17, 15) is 13.8 Å². The summed E-state index contributed by atoms with van der Waals surface area (Å²) in [4.78, 5) is 26.7. The second kappa shape index (κ2) is 12.3. The van der Waals surface area contributed by atoms with Crippen LogP contribution in [0.3, 0.4) is 0 Å².